The molecule has 1 aliphatic rings. The minimum absolute atomic E-state index is 0.176. The van der Waals surface area contributed by atoms with Crippen LogP contribution < -0.4 is 14.8 Å². The van der Waals surface area contributed by atoms with Crippen molar-refractivity contribution in [3.05, 3.63) is 60.7 Å². The lowest BCUT2D eigenvalue weighted by Crippen LogP contribution is -2.42. The normalized spacial score (nSPS) is 15.8. The molecule has 1 heterocycles. The van der Waals surface area contributed by atoms with E-state index in [0.717, 1.165) is 35.1 Å². The van der Waals surface area contributed by atoms with Crippen molar-refractivity contribution < 1.29 is 17.9 Å². The summed E-state index contributed by atoms with van der Waals surface area (Å²) >= 11 is 0. The molecule has 0 radical (unpaired) electrons. The summed E-state index contributed by atoms with van der Waals surface area (Å²) in [5.41, 5.74) is 0.883. The predicted octanol–water partition coefficient (Wildman–Crippen LogP) is 4.12. The topological polar surface area (TPSA) is 67.9 Å². The molecule has 1 N–H and O–H groups in total. The number of methoxy groups -OCH3 is 2. The van der Waals surface area contributed by atoms with Gasteiger partial charge in [-0.2, -0.15) is 4.31 Å². The highest BCUT2D eigenvalue weighted by Crippen LogP contribution is 2.31. The van der Waals surface area contributed by atoms with Crippen LogP contribution in [0.4, 0.5) is 5.69 Å². The summed E-state index contributed by atoms with van der Waals surface area (Å²) in [6.45, 7) is 0.955. The highest BCUT2D eigenvalue weighted by molar-refractivity contribution is 7.89. The number of benzene rings is 3. The zero-order valence-corrected chi connectivity index (χ0v) is 18.0. The van der Waals surface area contributed by atoms with E-state index in [1.54, 1.807) is 30.7 Å². The molecule has 1 fully saturated rings. The molecule has 158 valence electrons. The molecule has 0 aliphatic carbocycles. The summed E-state index contributed by atoms with van der Waals surface area (Å²) in [6.07, 6.45) is 1.45. The van der Waals surface area contributed by atoms with E-state index in [1.807, 2.05) is 48.5 Å². The molecule has 0 saturated carbocycles. The largest absolute Gasteiger partial charge is 0.497 e. The molecule has 0 aromatic heterocycles. The van der Waals surface area contributed by atoms with Gasteiger partial charge in [0.1, 0.15) is 11.5 Å². The Kier molecular flexibility index (Phi) is 5.83. The Balaban J connectivity index is 1.44. The Morgan fingerprint density at radius 2 is 1.63 bits per heavy atom. The van der Waals surface area contributed by atoms with Gasteiger partial charge in [-0.05, 0) is 47.9 Å². The molecule has 0 atom stereocenters. The van der Waals surface area contributed by atoms with Crippen LogP contribution in [0.3, 0.4) is 0 Å². The summed E-state index contributed by atoms with van der Waals surface area (Å²) in [4.78, 5) is 0.351. The van der Waals surface area contributed by atoms with Crippen LogP contribution >= 0.6 is 0 Å². The standard InChI is InChI=1S/C23H26N2O4S/c1-28-20-8-10-22(23(16-20)29-2)24-19-11-13-25(14-12-19)30(26,27)21-9-7-17-5-3-4-6-18(17)15-21/h3-10,15-16,19,24H,11-14H2,1-2H3. The number of piperidine rings is 1. The first kappa shape index (κ1) is 20.5. The molecule has 1 aliphatic heterocycles. The lowest BCUT2D eigenvalue weighted by atomic mass is 10.1. The Bertz CT molecular complexity index is 1140. The first-order valence-electron chi connectivity index (χ1n) is 9.99. The number of rotatable bonds is 6. The Morgan fingerprint density at radius 3 is 2.33 bits per heavy atom. The van der Waals surface area contributed by atoms with Crippen LogP contribution in [-0.4, -0.2) is 46.1 Å². The number of hydrogen-bond acceptors (Lipinski definition) is 5. The fourth-order valence-electron chi connectivity index (χ4n) is 3.86. The SMILES string of the molecule is COc1ccc(NC2CCN(S(=O)(=O)c3ccc4ccccc4c3)CC2)c(OC)c1. The fourth-order valence-corrected chi connectivity index (χ4v) is 5.36. The van der Waals surface area contributed by atoms with E-state index in [9.17, 15) is 8.42 Å². The summed E-state index contributed by atoms with van der Waals surface area (Å²) < 4.78 is 38.6. The van der Waals surface area contributed by atoms with Crippen LogP contribution in [-0.2, 0) is 10.0 Å². The molecule has 1 saturated heterocycles. The summed E-state index contributed by atoms with van der Waals surface area (Å²) in [5.74, 6) is 1.44. The van der Waals surface area contributed by atoms with E-state index < -0.39 is 10.0 Å². The van der Waals surface area contributed by atoms with Crippen molar-refractivity contribution in [2.45, 2.75) is 23.8 Å². The lowest BCUT2D eigenvalue weighted by Gasteiger charge is -2.32. The second-order valence-electron chi connectivity index (χ2n) is 7.40. The number of fused-ring (bicyclic) bond motifs is 1. The van der Waals surface area contributed by atoms with Gasteiger partial charge in [0.2, 0.25) is 10.0 Å². The maximum Gasteiger partial charge on any atom is 0.243 e. The van der Waals surface area contributed by atoms with Gasteiger partial charge in [-0.3, -0.25) is 0 Å². The monoisotopic (exact) mass is 426 g/mol. The maximum absolute atomic E-state index is 13.1. The molecule has 0 spiro atoms. The zero-order valence-electron chi connectivity index (χ0n) is 17.2. The quantitative estimate of drug-likeness (QED) is 0.642. The molecular formula is C23H26N2O4S. The molecule has 0 bridgehead atoms. The van der Waals surface area contributed by atoms with Crippen LogP contribution in [0.1, 0.15) is 12.8 Å². The first-order chi connectivity index (χ1) is 14.5. The summed E-state index contributed by atoms with van der Waals surface area (Å²) in [7, 11) is -0.265. The Labute approximate surface area is 177 Å². The van der Waals surface area contributed by atoms with E-state index >= 15 is 0 Å². The fraction of sp³-hybridized carbons (Fsp3) is 0.304. The number of anilines is 1. The minimum atomic E-state index is -3.51. The third-order valence-corrected chi connectivity index (χ3v) is 7.48. The van der Waals surface area contributed by atoms with Crippen molar-refractivity contribution in [2.75, 3.05) is 32.6 Å². The summed E-state index contributed by atoms with van der Waals surface area (Å²) in [5, 5.41) is 5.45. The second-order valence-corrected chi connectivity index (χ2v) is 9.34. The van der Waals surface area contributed by atoms with Crippen molar-refractivity contribution in [3.63, 3.8) is 0 Å². The number of hydrogen-bond donors (Lipinski definition) is 1. The summed E-state index contributed by atoms with van der Waals surface area (Å²) in [6, 6.07) is 18.9. The molecule has 3 aromatic carbocycles. The van der Waals surface area contributed by atoms with Crippen LogP contribution in [0.5, 0.6) is 11.5 Å². The second kappa shape index (κ2) is 8.53. The van der Waals surface area contributed by atoms with E-state index in [4.69, 9.17) is 9.47 Å². The molecule has 3 aromatic rings. The van der Waals surface area contributed by atoms with Gasteiger partial charge in [0.15, 0.2) is 0 Å². The number of sulfonamides is 1. The highest BCUT2D eigenvalue weighted by Gasteiger charge is 2.29. The van der Waals surface area contributed by atoms with E-state index in [1.165, 1.54) is 0 Å². The van der Waals surface area contributed by atoms with Crippen molar-refractivity contribution >= 4 is 26.5 Å². The zero-order chi connectivity index (χ0) is 21.1. The smallest absolute Gasteiger partial charge is 0.243 e. The van der Waals surface area contributed by atoms with Crippen molar-refractivity contribution in [3.8, 4) is 11.5 Å². The number of nitrogens with zero attached hydrogens (tertiary/aromatic N) is 1. The van der Waals surface area contributed by atoms with Gasteiger partial charge in [0.25, 0.3) is 0 Å². The van der Waals surface area contributed by atoms with Crippen molar-refractivity contribution in [1.82, 2.24) is 4.31 Å². The van der Waals surface area contributed by atoms with E-state index in [0.29, 0.717) is 23.7 Å². The molecule has 0 unspecified atom stereocenters. The van der Waals surface area contributed by atoms with E-state index in [-0.39, 0.29) is 6.04 Å². The Morgan fingerprint density at radius 1 is 0.900 bits per heavy atom. The van der Waals surface area contributed by atoms with Crippen LogP contribution in [0.25, 0.3) is 10.8 Å². The van der Waals surface area contributed by atoms with E-state index in [2.05, 4.69) is 5.32 Å². The lowest BCUT2D eigenvalue weighted by molar-refractivity contribution is 0.329. The average Bonchev–Trinajstić information content (AvgIpc) is 2.79. The van der Waals surface area contributed by atoms with Gasteiger partial charge in [-0.15, -0.1) is 0 Å². The van der Waals surface area contributed by atoms with Crippen LogP contribution in [0.2, 0.25) is 0 Å². The van der Waals surface area contributed by atoms with Gasteiger partial charge in [0.05, 0.1) is 24.8 Å². The van der Waals surface area contributed by atoms with Crippen molar-refractivity contribution in [1.29, 1.82) is 0 Å². The van der Waals surface area contributed by atoms with Crippen molar-refractivity contribution in [2.24, 2.45) is 0 Å². The molecular weight excluding hydrogens is 400 g/mol. The van der Waals surface area contributed by atoms with Crippen LogP contribution in [0.15, 0.2) is 65.6 Å². The maximum atomic E-state index is 13.1. The van der Waals surface area contributed by atoms with Gasteiger partial charge < -0.3 is 14.8 Å². The predicted molar refractivity (Wildman–Crippen MR) is 119 cm³/mol. The molecule has 7 heteroatoms. The highest BCUT2D eigenvalue weighted by atomic mass is 32.2. The Hall–Kier alpha value is -2.77. The molecule has 30 heavy (non-hydrogen) atoms. The molecule has 4 rings (SSSR count). The van der Waals surface area contributed by atoms with Gasteiger partial charge in [0, 0.05) is 25.2 Å². The van der Waals surface area contributed by atoms with Crippen LogP contribution in [0, 0.1) is 0 Å². The number of nitrogens with one attached hydrogen (secondary N) is 1. The minimum Gasteiger partial charge on any atom is -0.497 e. The molecule has 0 amide bonds. The third-order valence-electron chi connectivity index (χ3n) is 5.58. The molecule has 6 nitrogen and oxygen atoms in total. The average molecular weight is 427 g/mol. The first-order valence-corrected chi connectivity index (χ1v) is 11.4. The van der Waals surface area contributed by atoms with Gasteiger partial charge in [-0.25, -0.2) is 8.42 Å². The third kappa shape index (κ3) is 4.08. The number of ether oxygens (including phenoxy) is 2. The van der Waals surface area contributed by atoms with Gasteiger partial charge in [-0.1, -0.05) is 30.3 Å². The van der Waals surface area contributed by atoms with Gasteiger partial charge >= 0.3 is 0 Å².